The second-order valence-corrected chi connectivity index (χ2v) is 14.8. The van der Waals surface area contributed by atoms with Crippen molar-refractivity contribution >= 4 is 44.8 Å². The number of nitrogens with zero attached hydrogens (tertiary/aromatic N) is 8. The number of ether oxygens (including phenoxy) is 1. The fraction of sp³-hybridized carbons (Fsp3) is 0.0833. The van der Waals surface area contributed by atoms with E-state index in [1.54, 1.807) is 6.20 Å². The average molecular weight is 935 g/mol. The van der Waals surface area contributed by atoms with Gasteiger partial charge in [0, 0.05) is 67.3 Å². The Morgan fingerprint density at radius 2 is 1.33 bits per heavy atom. The molecule has 0 saturated heterocycles. The molecule has 9 aromatic rings. The Morgan fingerprint density at radius 3 is 2.07 bits per heavy atom. The number of hydrogen-bond acceptors (Lipinski definition) is 8. The fourth-order valence-electron chi connectivity index (χ4n) is 7.20. The molecule has 0 amide bonds. The van der Waals surface area contributed by atoms with Gasteiger partial charge in [-0.15, -0.1) is 48.1 Å². The number of para-hydroxylation sites is 1. The number of pyridine rings is 2. The maximum absolute atomic E-state index is 6.54. The first kappa shape index (κ1) is 36.9. The molecular formula is C48H35N8OPt-3. The maximum Gasteiger partial charge on any atom is 0.205 e. The molecular weight excluding hydrogens is 900 g/mol. The van der Waals surface area contributed by atoms with E-state index in [4.69, 9.17) is 24.7 Å². The van der Waals surface area contributed by atoms with E-state index in [2.05, 4.69) is 84.9 Å². The number of rotatable bonds is 7. The zero-order valence-corrected chi connectivity index (χ0v) is 34.1. The Kier molecular flexibility index (Phi) is 9.54. The molecule has 0 spiro atoms. The van der Waals surface area contributed by atoms with Crippen LogP contribution in [0.5, 0.6) is 11.5 Å². The first-order valence-corrected chi connectivity index (χ1v) is 18.7. The molecule has 0 radical (unpaired) electrons. The number of aromatic nitrogens is 6. The van der Waals surface area contributed by atoms with Crippen LogP contribution in [0.4, 0.5) is 23.0 Å². The van der Waals surface area contributed by atoms with Crippen LogP contribution in [0, 0.1) is 18.8 Å². The van der Waals surface area contributed by atoms with E-state index < -0.39 is 0 Å². The van der Waals surface area contributed by atoms with Gasteiger partial charge in [0.1, 0.15) is 5.82 Å². The number of anilines is 4. The van der Waals surface area contributed by atoms with Crippen molar-refractivity contribution in [1.29, 1.82) is 0 Å². The quantitative estimate of drug-likeness (QED) is 0.146. The average Bonchev–Trinajstić information content (AvgIpc) is 3.80. The topological polar surface area (TPSA) is 85.1 Å². The Labute approximate surface area is 350 Å². The van der Waals surface area contributed by atoms with Crippen molar-refractivity contribution in [2.75, 3.05) is 9.80 Å². The van der Waals surface area contributed by atoms with Crippen LogP contribution in [-0.4, -0.2) is 29.5 Å². The molecule has 0 saturated carbocycles. The molecule has 10 heteroatoms. The first-order chi connectivity index (χ1) is 27.9. The van der Waals surface area contributed by atoms with Crippen LogP contribution in [0.25, 0.3) is 50.4 Å². The molecule has 5 heterocycles. The molecule has 286 valence electrons. The minimum absolute atomic E-state index is 0. The summed E-state index contributed by atoms with van der Waals surface area (Å²) in [5.41, 5.74) is 7.37. The standard InChI is InChI=1S/C48H35N8O.Pt/c1-48(2,3)34-23-26-50-44(27-34)56-40-20-11-10-19-38(40)39-22-21-37(29-42(39)56)57-36-18-12-17-35(28-36)54-31-55(43-30-49-25-24-41(43)54)47-52-45(32-13-6-4-7-14-32)51-46(53-47)33-15-8-5-9-16-33;/h4-27,30-31H,1-3H3;/q-3;. The van der Waals surface area contributed by atoms with E-state index in [0.29, 0.717) is 29.1 Å². The van der Waals surface area contributed by atoms with Crippen LogP contribution in [0.3, 0.4) is 0 Å². The van der Waals surface area contributed by atoms with Gasteiger partial charge in [0.25, 0.3) is 0 Å². The monoisotopic (exact) mass is 934 g/mol. The fourth-order valence-corrected chi connectivity index (χ4v) is 7.20. The zero-order chi connectivity index (χ0) is 38.5. The summed E-state index contributed by atoms with van der Waals surface area (Å²) >= 11 is 0. The van der Waals surface area contributed by atoms with Crippen LogP contribution in [0.1, 0.15) is 26.3 Å². The second-order valence-electron chi connectivity index (χ2n) is 14.8. The zero-order valence-electron chi connectivity index (χ0n) is 31.8. The van der Waals surface area contributed by atoms with Crippen LogP contribution >= 0.6 is 0 Å². The Balaban J connectivity index is 0.00000436. The minimum Gasteiger partial charge on any atom is -0.509 e. The maximum atomic E-state index is 6.54. The van der Waals surface area contributed by atoms with E-state index in [1.807, 2.05) is 120 Å². The van der Waals surface area contributed by atoms with Crippen LogP contribution < -0.4 is 14.5 Å². The van der Waals surface area contributed by atoms with Gasteiger partial charge in [0.2, 0.25) is 5.95 Å². The summed E-state index contributed by atoms with van der Waals surface area (Å²) in [5, 5.41) is 2.19. The van der Waals surface area contributed by atoms with E-state index in [9.17, 15) is 0 Å². The molecule has 5 aromatic carbocycles. The predicted molar refractivity (Wildman–Crippen MR) is 225 cm³/mol. The smallest absolute Gasteiger partial charge is 0.205 e. The summed E-state index contributed by atoms with van der Waals surface area (Å²) < 4.78 is 8.70. The Morgan fingerprint density at radius 1 is 0.621 bits per heavy atom. The number of hydrogen-bond donors (Lipinski definition) is 0. The third-order valence-electron chi connectivity index (χ3n) is 10.1. The molecule has 0 bridgehead atoms. The first-order valence-electron chi connectivity index (χ1n) is 18.7. The summed E-state index contributed by atoms with van der Waals surface area (Å²) in [6, 6.07) is 51.4. The Bertz CT molecular complexity index is 2870. The Hall–Kier alpha value is -6.70. The van der Waals surface area contributed by atoms with Gasteiger partial charge >= 0.3 is 0 Å². The number of benzene rings is 5. The summed E-state index contributed by atoms with van der Waals surface area (Å²) in [7, 11) is 0. The van der Waals surface area contributed by atoms with Gasteiger partial charge < -0.3 is 19.1 Å². The van der Waals surface area contributed by atoms with Crippen molar-refractivity contribution < 1.29 is 25.8 Å². The molecule has 58 heavy (non-hydrogen) atoms. The van der Waals surface area contributed by atoms with Crippen LogP contribution in [0.2, 0.25) is 0 Å². The SMILES string of the molecule is CC(C)(C)c1ccnc(-n2c3[c-]c(Oc4[c-]c(N5[CH-]N(c6nc(-c7ccccc7)nc(-c7ccccc7)n6)c6cnccc65)ccc4)ccc3c3ccccc32)c1.[Pt]. The van der Waals surface area contributed by atoms with Gasteiger partial charge in [-0.3, -0.25) is 4.98 Å². The molecule has 4 aromatic heterocycles. The van der Waals surface area contributed by atoms with Crippen molar-refractivity contribution in [3.05, 3.63) is 176 Å². The molecule has 1 aliphatic heterocycles. The summed E-state index contributed by atoms with van der Waals surface area (Å²) in [6.07, 6.45) is 5.47. The van der Waals surface area contributed by atoms with Gasteiger partial charge in [-0.25, -0.2) is 9.97 Å². The van der Waals surface area contributed by atoms with Crippen molar-refractivity contribution in [3.63, 3.8) is 0 Å². The number of fused-ring (bicyclic) bond motifs is 4. The van der Waals surface area contributed by atoms with Gasteiger partial charge in [0.15, 0.2) is 11.6 Å². The molecule has 0 aliphatic carbocycles. The van der Waals surface area contributed by atoms with E-state index >= 15 is 0 Å². The van der Waals surface area contributed by atoms with Gasteiger partial charge in [-0.1, -0.05) is 105 Å². The summed E-state index contributed by atoms with van der Waals surface area (Å²) in [4.78, 5) is 28.1. The molecule has 0 atom stereocenters. The van der Waals surface area contributed by atoms with Gasteiger partial charge in [-0.2, -0.15) is 22.1 Å². The second kappa shape index (κ2) is 15.0. The molecule has 0 fully saturated rings. The van der Waals surface area contributed by atoms with Gasteiger partial charge in [-0.05, 0) is 40.6 Å². The molecule has 9 nitrogen and oxygen atoms in total. The van der Waals surface area contributed by atoms with E-state index in [-0.39, 0.29) is 26.5 Å². The van der Waals surface area contributed by atoms with E-state index in [1.165, 1.54) is 5.56 Å². The normalized spacial score (nSPS) is 12.5. The van der Waals surface area contributed by atoms with Crippen molar-refractivity contribution in [1.82, 2.24) is 29.5 Å². The van der Waals surface area contributed by atoms with Crippen molar-refractivity contribution in [2.45, 2.75) is 26.2 Å². The summed E-state index contributed by atoms with van der Waals surface area (Å²) in [5.74, 6) is 3.55. The summed E-state index contributed by atoms with van der Waals surface area (Å²) in [6.45, 7) is 8.59. The van der Waals surface area contributed by atoms with Crippen molar-refractivity contribution in [2.24, 2.45) is 0 Å². The van der Waals surface area contributed by atoms with E-state index in [0.717, 1.165) is 55.8 Å². The predicted octanol–water partition coefficient (Wildman–Crippen LogP) is 11.2. The minimum atomic E-state index is -0.0301. The van der Waals surface area contributed by atoms with Crippen LogP contribution in [0.15, 0.2) is 152 Å². The molecule has 1 aliphatic rings. The third-order valence-corrected chi connectivity index (χ3v) is 10.1. The third kappa shape index (κ3) is 6.77. The molecule has 0 unspecified atom stereocenters. The van der Waals surface area contributed by atoms with Gasteiger partial charge in [0.05, 0.1) is 11.9 Å². The largest absolute Gasteiger partial charge is 0.509 e. The molecule has 0 N–H and O–H groups in total. The molecule has 10 rings (SSSR count). The van der Waals surface area contributed by atoms with Crippen molar-refractivity contribution in [3.8, 4) is 40.1 Å². The van der Waals surface area contributed by atoms with Crippen LogP contribution in [-0.2, 0) is 26.5 Å².